The Morgan fingerprint density at radius 1 is 0.531 bits per heavy atom. The zero-order chi connectivity index (χ0) is 21.2. The molecular formula is C30H36O2. The molecule has 0 heterocycles. The largest absolute Gasteiger partial charge is 0.508 e. The van der Waals surface area contributed by atoms with Crippen molar-refractivity contribution >= 4 is 10.8 Å². The Balaban J connectivity index is 1.37. The molecule has 8 saturated carbocycles. The molecule has 0 radical (unpaired) electrons. The Labute approximate surface area is 191 Å². The Hall–Kier alpha value is -1.70. The third kappa shape index (κ3) is 2.48. The molecule has 0 spiro atoms. The Bertz CT molecular complexity index is 1060. The van der Waals surface area contributed by atoms with Crippen molar-refractivity contribution in [2.75, 3.05) is 0 Å². The van der Waals surface area contributed by atoms with Crippen LogP contribution in [0, 0.1) is 35.5 Å². The SMILES string of the molecule is Oc1cc(O)c2cc(C34CC5CC(CC(C5)C3)C4)c(C34CC5CC(CC(C5)C3)C4)cc2c1. The topological polar surface area (TPSA) is 40.5 Å². The van der Waals surface area contributed by atoms with Gasteiger partial charge in [-0.1, -0.05) is 6.07 Å². The zero-order valence-corrected chi connectivity index (χ0v) is 19.2. The first-order valence-electron chi connectivity index (χ1n) is 13.5. The van der Waals surface area contributed by atoms with E-state index >= 15 is 0 Å². The number of phenolic OH excluding ortho intramolecular Hbond substituents is 2. The smallest absolute Gasteiger partial charge is 0.127 e. The molecule has 2 nitrogen and oxygen atoms in total. The minimum Gasteiger partial charge on any atom is -0.508 e. The maximum Gasteiger partial charge on any atom is 0.127 e. The van der Waals surface area contributed by atoms with Gasteiger partial charge in [-0.3, -0.25) is 0 Å². The molecule has 2 aromatic carbocycles. The van der Waals surface area contributed by atoms with Gasteiger partial charge in [0.15, 0.2) is 0 Å². The summed E-state index contributed by atoms with van der Waals surface area (Å²) in [7, 11) is 0. The highest BCUT2D eigenvalue weighted by Gasteiger charge is 2.56. The molecule has 8 bridgehead atoms. The summed E-state index contributed by atoms with van der Waals surface area (Å²) in [5.41, 5.74) is 3.97. The summed E-state index contributed by atoms with van der Waals surface area (Å²) in [5.74, 6) is 6.01. The van der Waals surface area contributed by atoms with E-state index in [-0.39, 0.29) is 11.5 Å². The molecule has 2 N–H and O–H groups in total. The lowest BCUT2D eigenvalue weighted by atomic mass is 9.44. The van der Waals surface area contributed by atoms with Crippen LogP contribution in [0.25, 0.3) is 10.8 Å². The molecule has 8 fully saturated rings. The molecule has 32 heavy (non-hydrogen) atoms. The molecule has 8 aliphatic carbocycles. The number of aromatic hydroxyl groups is 2. The van der Waals surface area contributed by atoms with E-state index in [2.05, 4.69) is 12.1 Å². The molecule has 0 aromatic heterocycles. The van der Waals surface area contributed by atoms with Crippen molar-refractivity contribution in [1.29, 1.82) is 0 Å². The van der Waals surface area contributed by atoms with Crippen molar-refractivity contribution in [3.05, 3.63) is 35.4 Å². The Kier molecular flexibility index (Phi) is 3.53. The van der Waals surface area contributed by atoms with Crippen molar-refractivity contribution in [2.24, 2.45) is 35.5 Å². The van der Waals surface area contributed by atoms with Gasteiger partial charge in [0.1, 0.15) is 11.5 Å². The van der Waals surface area contributed by atoms with Crippen LogP contribution in [0.1, 0.15) is 88.2 Å². The maximum absolute atomic E-state index is 10.8. The second-order valence-corrected chi connectivity index (χ2v) is 13.5. The molecule has 168 valence electrons. The van der Waals surface area contributed by atoms with Gasteiger partial charge >= 0.3 is 0 Å². The van der Waals surface area contributed by atoms with Crippen LogP contribution in [0.2, 0.25) is 0 Å². The summed E-state index contributed by atoms with van der Waals surface area (Å²) in [6.07, 6.45) is 17.1. The average Bonchev–Trinajstić information content (AvgIpc) is 2.71. The fraction of sp³-hybridized carbons (Fsp3) is 0.667. The van der Waals surface area contributed by atoms with Gasteiger partial charge in [-0.25, -0.2) is 0 Å². The fourth-order valence-electron chi connectivity index (χ4n) is 11.1. The summed E-state index contributed by atoms with van der Waals surface area (Å²) < 4.78 is 0. The second kappa shape index (κ2) is 6.05. The lowest BCUT2D eigenvalue weighted by Crippen LogP contribution is -2.52. The first kappa shape index (κ1) is 18.7. The second-order valence-electron chi connectivity index (χ2n) is 13.5. The van der Waals surface area contributed by atoms with E-state index in [1.807, 2.05) is 6.07 Å². The van der Waals surface area contributed by atoms with Crippen molar-refractivity contribution in [1.82, 2.24) is 0 Å². The van der Waals surface area contributed by atoms with E-state index in [1.54, 1.807) is 11.1 Å². The van der Waals surface area contributed by atoms with E-state index in [1.165, 1.54) is 83.1 Å². The van der Waals surface area contributed by atoms with E-state index < -0.39 is 0 Å². The summed E-state index contributed by atoms with van der Waals surface area (Å²) in [6.45, 7) is 0. The van der Waals surface area contributed by atoms with E-state index in [4.69, 9.17) is 0 Å². The number of fused-ring (bicyclic) bond motifs is 1. The number of phenols is 2. The van der Waals surface area contributed by atoms with Crippen LogP contribution >= 0.6 is 0 Å². The Morgan fingerprint density at radius 3 is 1.38 bits per heavy atom. The van der Waals surface area contributed by atoms with Gasteiger partial charge in [-0.15, -0.1) is 0 Å². The highest BCUT2D eigenvalue weighted by Crippen LogP contribution is 2.66. The summed E-state index contributed by atoms with van der Waals surface area (Å²) in [4.78, 5) is 0. The van der Waals surface area contributed by atoms with Gasteiger partial charge in [0.05, 0.1) is 0 Å². The third-order valence-electron chi connectivity index (χ3n) is 11.3. The third-order valence-corrected chi connectivity index (χ3v) is 11.3. The number of hydrogen-bond donors (Lipinski definition) is 2. The number of rotatable bonds is 2. The standard InChI is InChI=1S/C30H36O2/c31-24-7-23-8-26(29-11-17-1-18(12-29)3-19(2-17)13-29)27(10-25(23)28(32)9-24)30-14-20-4-21(15-30)6-22(5-20)16-30/h7-10,17-22,31-32H,1-6,11-16H2. The molecule has 8 aliphatic rings. The minimum atomic E-state index is 0.189. The normalized spacial score (nSPS) is 45.8. The molecule has 10 rings (SSSR count). The highest BCUT2D eigenvalue weighted by atomic mass is 16.3. The molecule has 0 saturated heterocycles. The van der Waals surface area contributed by atoms with Crippen molar-refractivity contribution in [3.8, 4) is 11.5 Å². The van der Waals surface area contributed by atoms with E-state index in [0.29, 0.717) is 10.8 Å². The molecule has 0 atom stereocenters. The highest BCUT2D eigenvalue weighted by molar-refractivity contribution is 5.91. The van der Waals surface area contributed by atoms with Crippen molar-refractivity contribution in [2.45, 2.75) is 87.9 Å². The molecule has 0 amide bonds. The van der Waals surface area contributed by atoms with Crippen LogP contribution in [-0.2, 0) is 10.8 Å². The summed E-state index contributed by atoms with van der Waals surface area (Å²) in [6, 6.07) is 8.31. The van der Waals surface area contributed by atoms with Gasteiger partial charge in [0.25, 0.3) is 0 Å². The van der Waals surface area contributed by atoms with E-state index in [0.717, 1.165) is 46.3 Å². The van der Waals surface area contributed by atoms with Crippen LogP contribution in [-0.4, -0.2) is 10.2 Å². The molecule has 0 aliphatic heterocycles. The quantitative estimate of drug-likeness (QED) is 0.531. The van der Waals surface area contributed by atoms with Gasteiger partial charge < -0.3 is 10.2 Å². The Morgan fingerprint density at radius 2 is 0.938 bits per heavy atom. The number of hydrogen-bond acceptors (Lipinski definition) is 2. The average molecular weight is 429 g/mol. The minimum absolute atomic E-state index is 0.189. The van der Waals surface area contributed by atoms with Crippen molar-refractivity contribution < 1.29 is 10.2 Å². The predicted molar refractivity (Wildman–Crippen MR) is 127 cm³/mol. The molecule has 2 heteroatoms. The van der Waals surface area contributed by atoms with E-state index in [9.17, 15) is 10.2 Å². The molecule has 0 unspecified atom stereocenters. The van der Waals surface area contributed by atoms with Gasteiger partial charge in [-0.05, 0) is 152 Å². The van der Waals surface area contributed by atoms with Crippen LogP contribution in [0.4, 0.5) is 0 Å². The van der Waals surface area contributed by atoms with Crippen LogP contribution in [0.3, 0.4) is 0 Å². The molecular weight excluding hydrogens is 392 g/mol. The van der Waals surface area contributed by atoms with Crippen LogP contribution in [0.15, 0.2) is 24.3 Å². The van der Waals surface area contributed by atoms with Crippen LogP contribution in [0.5, 0.6) is 11.5 Å². The zero-order valence-electron chi connectivity index (χ0n) is 19.2. The lowest BCUT2D eigenvalue weighted by molar-refractivity contribution is -0.0173. The van der Waals surface area contributed by atoms with Gasteiger partial charge in [-0.2, -0.15) is 0 Å². The first-order valence-corrected chi connectivity index (χ1v) is 13.5. The molecule has 2 aromatic rings. The summed E-state index contributed by atoms with van der Waals surface area (Å²) in [5, 5.41) is 23.1. The number of benzene rings is 2. The van der Waals surface area contributed by atoms with Gasteiger partial charge in [0.2, 0.25) is 0 Å². The summed E-state index contributed by atoms with van der Waals surface area (Å²) >= 11 is 0. The monoisotopic (exact) mass is 428 g/mol. The van der Waals surface area contributed by atoms with Gasteiger partial charge in [0, 0.05) is 11.5 Å². The fourth-order valence-corrected chi connectivity index (χ4v) is 11.1. The lowest BCUT2D eigenvalue weighted by Gasteiger charge is -2.61. The van der Waals surface area contributed by atoms with Crippen LogP contribution < -0.4 is 0 Å². The van der Waals surface area contributed by atoms with Crippen molar-refractivity contribution in [3.63, 3.8) is 0 Å². The first-order chi connectivity index (χ1) is 15.5. The maximum atomic E-state index is 10.8. The predicted octanol–water partition coefficient (Wildman–Crippen LogP) is 7.19.